The Balaban J connectivity index is 1.49. The van der Waals surface area contributed by atoms with Gasteiger partial charge in [-0.05, 0) is 61.1 Å². The van der Waals surface area contributed by atoms with Crippen LogP contribution in [0.25, 0.3) is 0 Å². The molecule has 188 valence electrons. The van der Waals surface area contributed by atoms with E-state index in [-0.39, 0.29) is 10.9 Å². The maximum atomic E-state index is 13.3. The molecule has 0 radical (unpaired) electrons. The number of nitrogens with zero attached hydrogens (tertiary/aromatic N) is 1. The molecule has 1 heterocycles. The van der Waals surface area contributed by atoms with E-state index >= 15 is 0 Å². The van der Waals surface area contributed by atoms with E-state index in [0.29, 0.717) is 34.4 Å². The second-order valence-electron chi connectivity index (χ2n) is 9.07. The third kappa shape index (κ3) is 6.71. The lowest BCUT2D eigenvalue weighted by Gasteiger charge is -2.33. The SMILES string of the molecule is CC1CCN(c2ccc(NC(=O)Nc3cccc(Cl)c3Cl)cc2C(=O)NCCc2ccccc2)CC1. The molecule has 1 saturated heterocycles. The number of hydrogen-bond donors (Lipinski definition) is 3. The summed E-state index contributed by atoms with van der Waals surface area (Å²) in [5.74, 6) is 0.508. The molecule has 8 heteroatoms. The first-order valence-corrected chi connectivity index (χ1v) is 12.9. The van der Waals surface area contributed by atoms with Gasteiger partial charge in [-0.25, -0.2) is 4.79 Å². The molecule has 3 aromatic rings. The van der Waals surface area contributed by atoms with Crippen LogP contribution in [0.1, 0.15) is 35.7 Å². The molecule has 4 rings (SSSR count). The Morgan fingerprint density at radius 2 is 1.69 bits per heavy atom. The molecule has 0 aromatic heterocycles. The predicted molar refractivity (Wildman–Crippen MR) is 149 cm³/mol. The Morgan fingerprint density at radius 1 is 0.944 bits per heavy atom. The van der Waals surface area contributed by atoms with Crippen LogP contribution < -0.4 is 20.9 Å². The quantitative estimate of drug-likeness (QED) is 0.316. The monoisotopic (exact) mass is 524 g/mol. The molecule has 0 saturated carbocycles. The zero-order valence-electron chi connectivity index (χ0n) is 20.2. The predicted octanol–water partition coefficient (Wildman–Crippen LogP) is 6.85. The van der Waals surface area contributed by atoms with Gasteiger partial charge < -0.3 is 20.9 Å². The number of piperidine rings is 1. The van der Waals surface area contributed by atoms with Crippen molar-refractivity contribution < 1.29 is 9.59 Å². The average Bonchev–Trinajstić information content (AvgIpc) is 2.88. The summed E-state index contributed by atoms with van der Waals surface area (Å²) in [6, 6.07) is 20.0. The Bertz CT molecular complexity index is 1210. The van der Waals surface area contributed by atoms with Crippen molar-refractivity contribution in [2.45, 2.75) is 26.2 Å². The molecule has 0 bridgehead atoms. The summed E-state index contributed by atoms with van der Waals surface area (Å²) >= 11 is 12.2. The Kier molecular flexibility index (Phi) is 8.73. The van der Waals surface area contributed by atoms with E-state index in [4.69, 9.17) is 23.2 Å². The number of hydrogen-bond acceptors (Lipinski definition) is 3. The molecule has 36 heavy (non-hydrogen) atoms. The molecular weight excluding hydrogens is 495 g/mol. The number of amides is 3. The molecule has 6 nitrogen and oxygen atoms in total. The van der Waals surface area contributed by atoms with Crippen LogP contribution in [0.2, 0.25) is 10.0 Å². The standard InChI is InChI=1S/C28H30Cl2N4O2/c1-19-13-16-34(17-14-19)25-11-10-21(32-28(36)33-24-9-5-8-23(29)26(24)30)18-22(25)27(35)31-15-12-20-6-3-2-4-7-20/h2-11,18-19H,12-17H2,1H3,(H,31,35)(H2,32,33,36). The van der Waals surface area contributed by atoms with Crippen molar-refractivity contribution in [1.29, 1.82) is 0 Å². The van der Waals surface area contributed by atoms with Crippen LogP contribution in [-0.4, -0.2) is 31.6 Å². The lowest BCUT2D eigenvalue weighted by Crippen LogP contribution is -2.35. The van der Waals surface area contributed by atoms with Gasteiger partial charge in [-0.1, -0.05) is 66.5 Å². The number of rotatable bonds is 7. The van der Waals surface area contributed by atoms with E-state index in [1.165, 1.54) is 0 Å². The van der Waals surface area contributed by atoms with Gasteiger partial charge in [0.25, 0.3) is 5.91 Å². The first-order chi connectivity index (χ1) is 17.4. The van der Waals surface area contributed by atoms with Gasteiger partial charge in [0.1, 0.15) is 0 Å². The van der Waals surface area contributed by atoms with E-state index in [0.717, 1.165) is 43.6 Å². The Labute approximate surface area is 222 Å². The summed E-state index contributed by atoms with van der Waals surface area (Å²) < 4.78 is 0. The van der Waals surface area contributed by atoms with Crippen molar-refractivity contribution in [2.24, 2.45) is 5.92 Å². The average molecular weight is 525 g/mol. The highest BCUT2D eigenvalue weighted by Gasteiger charge is 2.22. The summed E-state index contributed by atoms with van der Waals surface area (Å²) in [5.41, 5.74) is 3.49. The van der Waals surface area contributed by atoms with E-state index in [1.807, 2.05) is 42.5 Å². The van der Waals surface area contributed by atoms with Crippen LogP contribution in [-0.2, 0) is 6.42 Å². The van der Waals surface area contributed by atoms with Gasteiger partial charge in [-0.2, -0.15) is 0 Å². The summed E-state index contributed by atoms with van der Waals surface area (Å²) in [6.45, 7) is 4.56. The van der Waals surface area contributed by atoms with E-state index < -0.39 is 6.03 Å². The zero-order valence-corrected chi connectivity index (χ0v) is 21.7. The molecule has 1 aliphatic rings. The molecule has 0 aliphatic carbocycles. The highest BCUT2D eigenvalue weighted by molar-refractivity contribution is 6.44. The number of carbonyl (C=O) groups is 2. The molecule has 1 aliphatic heterocycles. The third-order valence-electron chi connectivity index (χ3n) is 6.37. The number of anilines is 3. The van der Waals surface area contributed by atoms with Gasteiger partial charge in [0, 0.05) is 31.0 Å². The van der Waals surface area contributed by atoms with Crippen LogP contribution in [0, 0.1) is 5.92 Å². The molecular formula is C28H30Cl2N4O2. The molecule has 3 N–H and O–H groups in total. The summed E-state index contributed by atoms with van der Waals surface area (Å²) in [4.78, 5) is 28.2. The van der Waals surface area contributed by atoms with Crippen molar-refractivity contribution in [3.05, 3.63) is 87.9 Å². The second kappa shape index (κ2) is 12.2. The number of urea groups is 1. The van der Waals surface area contributed by atoms with Gasteiger partial charge in [-0.15, -0.1) is 0 Å². The molecule has 1 fully saturated rings. The third-order valence-corrected chi connectivity index (χ3v) is 7.18. The lowest BCUT2D eigenvalue weighted by molar-refractivity contribution is 0.0954. The fourth-order valence-electron chi connectivity index (χ4n) is 4.27. The smallest absolute Gasteiger partial charge is 0.323 e. The van der Waals surface area contributed by atoms with Crippen molar-refractivity contribution in [3.8, 4) is 0 Å². The van der Waals surface area contributed by atoms with Crippen molar-refractivity contribution >= 4 is 52.2 Å². The molecule has 0 spiro atoms. The minimum Gasteiger partial charge on any atom is -0.371 e. The number of carbonyl (C=O) groups excluding carboxylic acids is 2. The van der Waals surface area contributed by atoms with Crippen LogP contribution in [0.15, 0.2) is 66.7 Å². The largest absolute Gasteiger partial charge is 0.371 e. The molecule has 3 amide bonds. The van der Waals surface area contributed by atoms with Gasteiger partial charge in [0.05, 0.1) is 21.3 Å². The van der Waals surface area contributed by atoms with Crippen LogP contribution >= 0.6 is 23.2 Å². The fourth-order valence-corrected chi connectivity index (χ4v) is 4.61. The maximum Gasteiger partial charge on any atom is 0.323 e. The van der Waals surface area contributed by atoms with Crippen molar-refractivity contribution in [2.75, 3.05) is 35.2 Å². The zero-order chi connectivity index (χ0) is 25.5. The highest BCUT2D eigenvalue weighted by atomic mass is 35.5. The molecule has 0 atom stereocenters. The van der Waals surface area contributed by atoms with Crippen LogP contribution in [0.3, 0.4) is 0 Å². The highest BCUT2D eigenvalue weighted by Crippen LogP contribution is 2.31. The van der Waals surface area contributed by atoms with Crippen LogP contribution in [0.5, 0.6) is 0 Å². The molecule has 3 aromatic carbocycles. The van der Waals surface area contributed by atoms with E-state index in [2.05, 4.69) is 27.8 Å². The summed E-state index contributed by atoms with van der Waals surface area (Å²) in [5, 5.41) is 9.17. The van der Waals surface area contributed by atoms with E-state index in [9.17, 15) is 9.59 Å². The Hall–Kier alpha value is -3.22. The molecule has 0 unspecified atom stereocenters. The fraction of sp³-hybridized carbons (Fsp3) is 0.286. The van der Waals surface area contributed by atoms with Gasteiger partial charge >= 0.3 is 6.03 Å². The minimum atomic E-state index is -0.478. The van der Waals surface area contributed by atoms with E-state index in [1.54, 1.807) is 24.3 Å². The van der Waals surface area contributed by atoms with Crippen molar-refractivity contribution in [3.63, 3.8) is 0 Å². The minimum absolute atomic E-state index is 0.165. The van der Waals surface area contributed by atoms with Crippen molar-refractivity contribution in [1.82, 2.24) is 5.32 Å². The van der Waals surface area contributed by atoms with Gasteiger partial charge in [0.15, 0.2) is 0 Å². The number of benzene rings is 3. The summed E-state index contributed by atoms with van der Waals surface area (Å²) in [6.07, 6.45) is 2.90. The summed E-state index contributed by atoms with van der Waals surface area (Å²) in [7, 11) is 0. The number of nitrogens with one attached hydrogen (secondary N) is 3. The first kappa shape index (κ1) is 25.9. The van der Waals surface area contributed by atoms with Gasteiger partial charge in [-0.3, -0.25) is 4.79 Å². The topological polar surface area (TPSA) is 73.5 Å². The maximum absolute atomic E-state index is 13.3. The Morgan fingerprint density at radius 3 is 2.44 bits per heavy atom. The normalized spacial score (nSPS) is 13.8. The first-order valence-electron chi connectivity index (χ1n) is 12.1. The van der Waals surface area contributed by atoms with Crippen LogP contribution in [0.4, 0.5) is 21.9 Å². The van der Waals surface area contributed by atoms with Gasteiger partial charge in [0.2, 0.25) is 0 Å². The second-order valence-corrected chi connectivity index (χ2v) is 9.86. The lowest BCUT2D eigenvalue weighted by atomic mass is 9.97. The number of halogens is 2.